The molecule has 2 aliphatic heterocycles. The van der Waals surface area contributed by atoms with Crippen LogP contribution in [0.4, 0.5) is 5.82 Å². The average molecular weight is 463 g/mol. The lowest BCUT2D eigenvalue weighted by Gasteiger charge is -2.39. The number of para-hydroxylation sites is 1. The fourth-order valence-electron chi connectivity index (χ4n) is 4.77. The van der Waals surface area contributed by atoms with E-state index in [2.05, 4.69) is 34.7 Å². The molecule has 0 bridgehead atoms. The average Bonchev–Trinajstić information content (AvgIpc) is 2.89. The van der Waals surface area contributed by atoms with Gasteiger partial charge in [0.05, 0.1) is 6.10 Å². The molecular weight excluding hydrogens is 424 g/mol. The molecule has 0 spiro atoms. The molecule has 1 amide bonds. The van der Waals surface area contributed by atoms with Gasteiger partial charge >= 0.3 is 0 Å². The molecule has 0 radical (unpaired) electrons. The van der Waals surface area contributed by atoms with Gasteiger partial charge in [-0.2, -0.15) is 0 Å². The summed E-state index contributed by atoms with van der Waals surface area (Å²) in [6.45, 7) is 11.0. The number of rotatable bonds is 8. The molecule has 2 saturated heterocycles. The molecule has 2 aliphatic rings. The van der Waals surface area contributed by atoms with Crippen LogP contribution in [0.1, 0.15) is 38.7 Å². The van der Waals surface area contributed by atoms with Crippen molar-refractivity contribution in [1.29, 1.82) is 0 Å². The molecule has 3 heterocycles. The van der Waals surface area contributed by atoms with Crippen molar-refractivity contribution in [3.05, 3.63) is 60.3 Å². The maximum atomic E-state index is 13.0. The van der Waals surface area contributed by atoms with E-state index in [1.807, 2.05) is 53.6 Å². The van der Waals surface area contributed by atoms with E-state index in [-0.39, 0.29) is 12.0 Å². The van der Waals surface area contributed by atoms with Crippen molar-refractivity contribution < 1.29 is 9.53 Å². The summed E-state index contributed by atoms with van der Waals surface area (Å²) < 4.78 is 6.02. The van der Waals surface area contributed by atoms with E-state index in [0.717, 1.165) is 75.8 Å². The van der Waals surface area contributed by atoms with Crippen molar-refractivity contribution in [1.82, 2.24) is 14.8 Å². The largest absolute Gasteiger partial charge is 0.490 e. The minimum atomic E-state index is 0.100. The molecule has 6 heteroatoms. The molecule has 1 aromatic heterocycles. The lowest BCUT2D eigenvalue weighted by Crippen LogP contribution is -2.50. The molecule has 0 N–H and O–H groups in total. The van der Waals surface area contributed by atoms with E-state index < -0.39 is 0 Å². The van der Waals surface area contributed by atoms with Crippen LogP contribution in [0, 0.1) is 5.92 Å². The molecule has 2 aromatic rings. The smallest absolute Gasteiger partial charge is 0.246 e. The van der Waals surface area contributed by atoms with Crippen molar-refractivity contribution in [2.24, 2.45) is 5.92 Å². The third kappa shape index (κ3) is 6.60. The van der Waals surface area contributed by atoms with Crippen LogP contribution in [0.5, 0.6) is 5.75 Å². The SMILES string of the molecule is CCC(C)Oc1ccccc1/C=C/C(=O)N1CCCC(CN2CCN(c3ccccn3)CC2)C1. The number of carbonyl (C=O) groups excluding carboxylic acids is 1. The molecule has 1 aromatic carbocycles. The number of hydrogen-bond acceptors (Lipinski definition) is 5. The van der Waals surface area contributed by atoms with Crippen molar-refractivity contribution in [3.63, 3.8) is 0 Å². The van der Waals surface area contributed by atoms with Crippen molar-refractivity contribution in [2.75, 3.05) is 50.7 Å². The summed E-state index contributed by atoms with van der Waals surface area (Å²) in [7, 11) is 0. The Kier molecular flexibility index (Phi) is 8.58. The number of nitrogens with zero attached hydrogens (tertiary/aromatic N) is 4. The van der Waals surface area contributed by atoms with Crippen LogP contribution in [-0.2, 0) is 4.79 Å². The highest BCUT2D eigenvalue weighted by atomic mass is 16.5. The Balaban J connectivity index is 1.27. The van der Waals surface area contributed by atoms with Crippen molar-refractivity contribution >= 4 is 17.8 Å². The summed E-state index contributed by atoms with van der Waals surface area (Å²) in [4.78, 5) is 24.4. The normalized spacial score (nSPS) is 20.5. The van der Waals surface area contributed by atoms with E-state index in [1.165, 1.54) is 6.42 Å². The number of piperazine rings is 1. The third-order valence-corrected chi connectivity index (χ3v) is 6.92. The Morgan fingerprint density at radius 2 is 1.91 bits per heavy atom. The predicted molar refractivity (Wildman–Crippen MR) is 138 cm³/mol. The Bertz CT molecular complexity index is 940. The maximum Gasteiger partial charge on any atom is 0.246 e. The van der Waals surface area contributed by atoms with Crippen LogP contribution in [0.15, 0.2) is 54.7 Å². The second kappa shape index (κ2) is 12.0. The first kappa shape index (κ1) is 24.3. The molecule has 0 saturated carbocycles. The minimum absolute atomic E-state index is 0.100. The van der Waals surface area contributed by atoms with Gasteiger partial charge < -0.3 is 14.5 Å². The van der Waals surface area contributed by atoms with Crippen LogP contribution in [0.3, 0.4) is 0 Å². The quantitative estimate of drug-likeness (QED) is 0.547. The second-order valence-corrected chi connectivity index (χ2v) is 9.48. The predicted octanol–water partition coefficient (Wildman–Crippen LogP) is 4.33. The number of likely N-dealkylation sites (tertiary alicyclic amines) is 1. The Hall–Kier alpha value is -2.86. The first-order valence-corrected chi connectivity index (χ1v) is 12.7. The van der Waals surface area contributed by atoms with Crippen LogP contribution in [0.2, 0.25) is 0 Å². The second-order valence-electron chi connectivity index (χ2n) is 9.48. The maximum absolute atomic E-state index is 13.0. The van der Waals surface area contributed by atoms with Gasteiger partial charge in [-0.05, 0) is 56.4 Å². The number of amides is 1. The number of hydrogen-bond donors (Lipinski definition) is 0. The molecule has 0 aliphatic carbocycles. The molecule has 2 unspecified atom stereocenters. The van der Waals surface area contributed by atoms with E-state index in [0.29, 0.717) is 5.92 Å². The number of carbonyl (C=O) groups is 1. The Morgan fingerprint density at radius 3 is 2.68 bits per heavy atom. The summed E-state index contributed by atoms with van der Waals surface area (Å²) in [5, 5.41) is 0. The molecule has 4 rings (SSSR count). The first-order valence-electron chi connectivity index (χ1n) is 12.7. The third-order valence-electron chi connectivity index (χ3n) is 6.92. The first-order chi connectivity index (χ1) is 16.6. The van der Waals surface area contributed by atoms with E-state index in [4.69, 9.17) is 4.74 Å². The lowest BCUT2D eigenvalue weighted by atomic mass is 9.97. The number of piperidine rings is 1. The van der Waals surface area contributed by atoms with Gasteiger partial charge in [0.15, 0.2) is 0 Å². The molecule has 34 heavy (non-hydrogen) atoms. The van der Waals surface area contributed by atoms with Gasteiger partial charge in [0.25, 0.3) is 0 Å². The van der Waals surface area contributed by atoms with E-state index in [1.54, 1.807) is 6.08 Å². The van der Waals surface area contributed by atoms with Gasteiger partial charge in [-0.15, -0.1) is 0 Å². The monoisotopic (exact) mass is 462 g/mol. The van der Waals surface area contributed by atoms with Crippen LogP contribution in [-0.4, -0.2) is 72.6 Å². The summed E-state index contributed by atoms with van der Waals surface area (Å²) in [6.07, 6.45) is 8.85. The minimum Gasteiger partial charge on any atom is -0.490 e. The molecular formula is C28H38N4O2. The zero-order chi connectivity index (χ0) is 23.8. The Morgan fingerprint density at radius 1 is 1.12 bits per heavy atom. The summed E-state index contributed by atoms with van der Waals surface area (Å²) in [5.74, 6) is 2.54. The molecule has 2 fully saturated rings. The summed E-state index contributed by atoms with van der Waals surface area (Å²) >= 11 is 0. The van der Waals surface area contributed by atoms with Gasteiger partial charge in [-0.1, -0.05) is 31.2 Å². The van der Waals surface area contributed by atoms with Gasteiger partial charge in [0.2, 0.25) is 5.91 Å². The van der Waals surface area contributed by atoms with Gasteiger partial charge in [-0.25, -0.2) is 4.98 Å². The van der Waals surface area contributed by atoms with Gasteiger partial charge in [0, 0.05) is 63.6 Å². The van der Waals surface area contributed by atoms with Gasteiger partial charge in [0.1, 0.15) is 11.6 Å². The highest BCUT2D eigenvalue weighted by molar-refractivity contribution is 5.92. The van der Waals surface area contributed by atoms with E-state index in [9.17, 15) is 4.79 Å². The summed E-state index contributed by atoms with van der Waals surface area (Å²) in [5.41, 5.74) is 0.954. The van der Waals surface area contributed by atoms with Crippen molar-refractivity contribution in [3.8, 4) is 5.75 Å². The van der Waals surface area contributed by atoms with E-state index >= 15 is 0 Å². The topological polar surface area (TPSA) is 48.9 Å². The fourth-order valence-corrected chi connectivity index (χ4v) is 4.77. The summed E-state index contributed by atoms with van der Waals surface area (Å²) in [6, 6.07) is 14.0. The fraction of sp³-hybridized carbons (Fsp3) is 0.500. The highest BCUT2D eigenvalue weighted by Crippen LogP contribution is 2.23. The van der Waals surface area contributed by atoms with Crippen molar-refractivity contribution in [2.45, 2.75) is 39.2 Å². The molecule has 2 atom stereocenters. The molecule has 182 valence electrons. The van der Waals surface area contributed by atoms with Crippen LogP contribution >= 0.6 is 0 Å². The number of aromatic nitrogens is 1. The lowest BCUT2D eigenvalue weighted by molar-refractivity contribution is -0.127. The number of anilines is 1. The van der Waals surface area contributed by atoms with Gasteiger partial charge in [-0.3, -0.25) is 9.69 Å². The standard InChI is InChI=1S/C28H38N4O2/c1-3-23(2)34-26-11-5-4-10-25(26)13-14-28(33)32-16-8-9-24(22-32)21-30-17-19-31(20-18-30)27-12-6-7-15-29-27/h4-7,10-15,23-24H,3,8-9,16-22H2,1-2H3/b14-13+. The zero-order valence-corrected chi connectivity index (χ0v) is 20.6. The zero-order valence-electron chi connectivity index (χ0n) is 20.6. The number of benzene rings is 1. The van der Waals surface area contributed by atoms with Crippen LogP contribution < -0.4 is 9.64 Å². The number of pyridine rings is 1. The highest BCUT2D eigenvalue weighted by Gasteiger charge is 2.26. The Labute approximate surface area is 204 Å². The molecule has 6 nitrogen and oxygen atoms in total. The van der Waals surface area contributed by atoms with Crippen LogP contribution in [0.25, 0.3) is 6.08 Å². The number of ether oxygens (including phenoxy) is 1.